The molecule has 0 radical (unpaired) electrons. The highest BCUT2D eigenvalue weighted by molar-refractivity contribution is 5.77. The molecule has 0 unspecified atom stereocenters. The largest absolute Gasteiger partial charge is 0.502 e. The third kappa shape index (κ3) is 5.73. The van der Waals surface area contributed by atoms with Crippen molar-refractivity contribution in [2.75, 3.05) is 13.2 Å². The number of amides is 1. The summed E-state index contributed by atoms with van der Waals surface area (Å²) in [5, 5.41) is 2.88. The van der Waals surface area contributed by atoms with E-state index in [2.05, 4.69) is 11.9 Å². The molecule has 0 spiro atoms. The van der Waals surface area contributed by atoms with Crippen molar-refractivity contribution >= 4 is 5.91 Å². The van der Waals surface area contributed by atoms with E-state index in [1.165, 1.54) is 12.7 Å². The zero-order chi connectivity index (χ0) is 12.6. The summed E-state index contributed by atoms with van der Waals surface area (Å²) in [6.07, 6.45) is 8.16. The topological polar surface area (TPSA) is 64.3 Å². The molecular weight excluding hydrogens is 216 g/mol. The smallest absolute Gasteiger partial charge is 0.221 e. The molecule has 0 saturated heterocycles. The van der Waals surface area contributed by atoms with Crippen molar-refractivity contribution in [2.24, 2.45) is 5.73 Å². The van der Waals surface area contributed by atoms with Gasteiger partial charge in [-0.15, -0.1) is 0 Å². The zero-order valence-electron chi connectivity index (χ0n) is 10.5. The van der Waals surface area contributed by atoms with Crippen LogP contribution in [0.25, 0.3) is 0 Å². The Bertz CT molecular complexity index is 248. The SMILES string of the molecule is C=COCCCNC(=O)CC1(N)CCCCC1. The molecule has 1 aliphatic carbocycles. The summed E-state index contributed by atoms with van der Waals surface area (Å²) >= 11 is 0. The highest BCUT2D eigenvalue weighted by Gasteiger charge is 2.29. The monoisotopic (exact) mass is 240 g/mol. The number of nitrogens with one attached hydrogen (secondary N) is 1. The Kier molecular flexibility index (Phi) is 6.05. The first-order valence-electron chi connectivity index (χ1n) is 6.44. The summed E-state index contributed by atoms with van der Waals surface area (Å²) in [7, 11) is 0. The molecule has 0 aliphatic heterocycles. The summed E-state index contributed by atoms with van der Waals surface area (Å²) in [6, 6.07) is 0. The van der Waals surface area contributed by atoms with Crippen LogP contribution < -0.4 is 11.1 Å². The Balaban J connectivity index is 2.13. The second kappa shape index (κ2) is 7.33. The fourth-order valence-corrected chi connectivity index (χ4v) is 2.28. The normalized spacial score (nSPS) is 18.4. The van der Waals surface area contributed by atoms with Gasteiger partial charge in [0, 0.05) is 18.5 Å². The van der Waals surface area contributed by atoms with E-state index < -0.39 is 0 Å². The van der Waals surface area contributed by atoms with Crippen LogP contribution in [0.5, 0.6) is 0 Å². The van der Waals surface area contributed by atoms with Crippen molar-refractivity contribution in [1.29, 1.82) is 0 Å². The molecule has 4 heteroatoms. The van der Waals surface area contributed by atoms with Gasteiger partial charge in [0.2, 0.25) is 5.91 Å². The molecule has 1 saturated carbocycles. The predicted octanol–water partition coefficient (Wildman–Crippen LogP) is 1.70. The first-order valence-corrected chi connectivity index (χ1v) is 6.44. The fraction of sp³-hybridized carbons (Fsp3) is 0.769. The van der Waals surface area contributed by atoms with Gasteiger partial charge in [-0.1, -0.05) is 25.8 Å². The molecule has 0 bridgehead atoms. The van der Waals surface area contributed by atoms with Gasteiger partial charge in [-0.05, 0) is 19.3 Å². The van der Waals surface area contributed by atoms with Gasteiger partial charge in [-0.3, -0.25) is 4.79 Å². The molecule has 1 fully saturated rings. The molecular formula is C13H24N2O2. The number of hydrogen-bond acceptors (Lipinski definition) is 3. The second-order valence-electron chi connectivity index (χ2n) is 4.84. The number of nitrogens with two attached hydrogens (primary N) is 1. The number of ether oxygens (including phenoxy) is 1. The fourth-order valence-electron chi connectivity index (χ4n) is 2.28. The van der Waals surface area contributed by atoms with E-state index in [0.717, 1.165) is 32.1 Å². The minimum absolute atomic E-state index is 0.0630. The highest BCUT2D eigenvalue weighted by atomic mass is 16.5. The highest BCUT2D eigenvalue weighted by Crippen LogP contribution is 2.28. The van der Waals surface area contributed by atoms with E-state index in [9.17, 15) is 4.79 Å². The Morgan fingerprint density at radius 1 is 1.41 bits per heavy atom. The first kappa shape index (κ1) is 14.0. The Hall–Kier alpha value is -1.03. The van der Waals surface area contributed by atoms with Crippen molar-refractivity contribution < 1.29 is 9.53 Å². The molecule has 0 heterocycles. The Labute approximate surface area is 104 Å². The summed E-state index contributed by atoms with van der Waals surface area (Å²) in [5.74, 6) is 0.0630. The van der Waals surface area contributed by atoms with Gasteiger partial charge in [0.15, 0.2) is 0 Å². The maximum absolute atomic E-state index is 11.7. The number of hydrogen-bond donors (Lipinski definition) is 2. The Morgan fingerprint density at radius 3 is 2.76 bits per heavy atom. The summed E-state index contributed by atoms with van der Waals surface area (Å²) < 4.78 is 4.97. The van der Waals surface area contributed by atoms with Gasteiger partial charge in [-0.25, -0.2) is 0 Å². The molecule has 17 heavy (non-hydrogen) atoms. The van der Waals surface area contributed by atoms with Crippen molar-refractivity contribution in [3.8, 4) is 0 Å². The molecule has 1 rings (SSSR count). The van der Waals surface area contributed by atoms with Gasteiger partial charge < -0.3 is 15.8 Å². The quantitative estimate of drug-likeness (QED) is 0.526. The standard InChI is InChI=1S/C13H24N2O2/c1-2-17-10-6-9-15-12(16)11-13(14)7-4-3-5-8-13/h2H,1,3-11,14H2,(H,15,16). The first-order chi connectivity index (χ1) is 8.16. The molecule has 98 valence electrons. The molecule has 4 nitrogen and oxygen atoms in total. The third-order valence-corrected chi connectivity index (χ3v) is 3.24. The van der Waals surface area contributed by atoms with Crippen LogP contribution >= 0.6 is 0 Å². The molecule has 0 aromatic carbocycles. The second-order valence-corrected chi connectivity index (χ2v) is 4.84. The average molecular weight is 240 g/mol. The van der Waals surface area contributed by atoms with Crippen LogP contribution in [0.15, 0.2) is 12.8 Å². The maximum Gasteiger partial charge on any atom is 0.221 e. The minimum atomic E-state index is -0.264. The van der Waals surface area contributed by atoms with Crippen LogP contribution in [0, 0.1) is 0 Å². The van der Waals surface area contributed by atoms with Crippen LogP contribution in [0.4, 0.5) is 0 Å². The van der Waals surface area contributed by atoms with Gasteiger partial charge in [-0.2, -0.15) is 0 Å². The van der Waals surface area contributed by atoms with Gasteiger partial charge in [0.05, 0.1) is 12.9 Å². The molecule has 0 atom stereocenters. The molecule has 1 aliphatic rings. The lowest BCUT2D eigenvalue weighted by Crippen LogP contribution is -2.46. The molecule has 1 amide bonds. The van der Waals surface area contributed by atoms with Crippen molar-refractivity contribution in [2.45, 2.75) is 50.5 Å². The van der Waals surface area contributed by atoms with Crippen molar-refractivity contribution in [1.82, 2.24) is 5.32 Å². The van der Waals surface area contributed by atoms with E-state index in [-0.39, 0.29) is 11.4 Å². The number of rotatable bonds is 7. The van der Waals surface area contributed by atoms with E-state index in [1.807, 2.05) is 0 Å². The van der Waals surface area contributed by atoms with Crippen LogP contribution in [0.3, 0.4) is 0 Å². The summed E-state index contributed by atoms with van der Waals surface area (Å²) in [6.45, 7) is 4.69. The molecule has 0 aromatic rings. The van der Waals surface area contributed by atoms with Crippen LogP contribution in [-0.4, -0.2) is 24.6 Å². The van der Waals surface area contributed by atoms with E-state index >= 15 is 0 Å². The van der Waals surface area contributed by atoms with Crippen molar-refractivity contribution in [3.05, 3.63) is 12.8 Å². The van der Waals surface area contributed by atoms with Gasteiger partial charge in [0.25, 0.3) is 0 Å². The van der Waals surface area contributed by atoms with E-state index in [0.29, 0.717) is 19.6 Å². The minimum Gasteiger partial charge on any atom is -0.502 e. The predicted molar refractivity (Wildman–Crippen MR) is 68.4 cm³/mol. The lowest BCUT2D eigenvalue weighted by atomic mass is 9.80. The lowest BCUT2D eigenvalue weighted by molar-refractivity contribution is -0.122. The van der Waals surface area contributed by atoms with Gasteiger partial charge in [0.1, 0.15) is 0 Å². The van der Waals surface area contributed by atoms with Crippen molar-refractivity contribution in [3.63, 3.8) is 0 Å². The number of carbonyl (C=O) groups is 1. The lowest BCUT2D eigenvalue weighted by Gasteiger charge is -2.32. The maximum atomic E-state index is 11.7. The average Bonchev–Trinajstić information content (AvgIpc) is 2.29. The molecule has 0 aromatic heterocycles. The van der Waals surface area contributed by atoms with Crippen LogP contribution in [0.2, 0.25) is 0 Å². The Morgan fingerprint density at radius 2 is 2.12 bits per heavy atom. The van der Waals surface area contributed by atoms with Crippen LogP contribution in [-0.2, 0) is 9.53 Å². The van der Waals surface area contributed by atoms with Gasteiger partial charge >= 0.3 is 0 Å². The number of carbonyl (C=O) groups excluding carboxylic acids is 1. The molecule has 3 N–H and O–H groups in total. The van der Waals surface area contributed by atoms with E-state index in [4.69, 9.17) is 10.5 Å². The summed E-state index contributed by atoms with van der Waals surface area (Å²) in [4.78, 5) is 11.7. The third-order valence-electron chi connectivity index (χ3n) is 3.24. The van der Waals surface area contributed by atoms with E-state index in [1.54, 1.807) is 0 Å². The van der Waals surface area contributed by atoms with Crippen LogP contribution in [0.1, 0.15) is 44.9 Å². The summed E-state index contributed by atoms with van der Waals surface area (Å²) in [5.41, 5.74) is 5.95. The zero-order valence-corrected chi connectivity index (χ0v) is 10.5.